The van der Waals surface area contributed by atoms with E-state index in [9.17, 15) is 13.2 Å². The van der Waals surface area contributed by atoms with Gasteiger partial charge in [-0.2, -0.15) is 9.40 Å². The minimum atomic E-state index is -3.91. The number of esters is 1. The standard InChI is InChI=1S/C18H24N4O5S/c1-4-27-18(23)16-13(2)19-20-17(16)28(24,25)22-10-8-21(9-11-22)14-6-5-7-15(12-14)26-3/h5-7,12H,4,8-11H2,1-3H3,(H,19,20). The zero-order valence-electron chi connectivity index (χ0n) is 16.1. The van der Waals surface area contributed by atoms with Crippen LogP contribution in [0.3, 0.4) is 0 Å². The third-order valence-electron chi connectivity index (χ3n) is 4.63. The van der Waals surface area contributed by atoms with E-state index in [-0.39, 0.29) is 30.3 Å². The van der Waals surface area contributed by atoms with Crippen LogP contribution < -0.4 is 9.64 Å². The summed E-state index contributed by atoms with van der Waals surface area (Å²) in [5.41, 5.74) is 1.31. The summed E-state index contributed by atoms with van der Waals surface area (Å²) in [6.07, 6.45) is 0. The number of methoxy groups -OCH3 is 1. The Morgan fingerprint density at radius 2 is 1.96 bits per heavy atom. The van der Waals surface area contributed by atoms with E-state index in [1.54, 1.807) is 21.0 Å². The molecular weight excluding hydrogens is 384 g/mol. The minimum Gasteiger partial charge on any atom is -0.497 e. The summed E-state index contributed by atoms with van der Waals surface area (Å²) in [7, 11) is -2.31. The smallest absolute Gasteiger partial charge is 0.343 e. The molecule has 0 bridgehead atoms. The van der Waals surface area contributed by atoms with Crippen molar-refractivity contribution in [2.45, 2.75) is 18.9 Å². The Kier molecular flexibility index (Phi) is 5.90. The molecule has 0 atom stereocenters. The quantitative estimate of drug-likeness (QED) is 0.721. The molecular formula is C18H24N4O5S. The van der Waals surface area contributed by atoms with E-state index in [1.807, 2.05) is 24.3 Å². The van der Waals surface area contributed by atoms with Crippen LogP contribution in [0.25, 0.3) is 0 Å². The van der Waals surface area contributed by atoms with Crippen LogP contribution in [0.15, 0.2) is 29.3 Å². The SMILES string of the molecule is CCOC(=O)c1c(S(=O)(=O)N2CCN(c3cccc(OC)c3)CC2)n[nH]c1C. The fraction of sp³-hybridized carbons (Fsp3) is 0.444. The highest BCUT2D eigenvalue weighted by molar-refractivity contribution is 7.89. The number of aromatic amines is 1. The van der Waals surface area contributed by atoms with Crippen molar-refractivity contribution in [2.24, 2.45) is 0 Å². The summed E-state index contributed by atoms with van der Waals surface area (Å²) in [4.78, 5) is 14.3. The summed E-state index contributed by atoms with van der Waals surface area (Å²) in [5, 5.41) is 6.19. The number of nitrogens with zero attached hydrogens (tertiary/aromatic N) is 3. The highest BCUT2D eigenvalue weighted by Crippen LogP contribution is 2.25. The van der Waals surface area contributed by atoms with Gasteiger partial charge in [0.15, 0.2) is 0 Å². The van der Waals surface area contributed by atoms with E-state index < -0.39 is 16.0 Å². The maximum Gasteiger partial charge on any atom is 0.343 e. The molecule has 1 aliphatic heterocycles. The predicted octanol–water partition coefficient (Wildman–Crippen LogP) is 1.41. The molecule has 2 heterocycles. The van der Waals surface area contributed by atoms with Gasteiger partial charge in [0.05, 0.1) is 13.7 Å². The number of carbonyl (C=O) groups excluding carboxylic acids is 1. The van der Waals surface area contributed by atoms with Crippen LogP contribution >= 0.6 is 0 Å². The molecule has 1 aromatic carbocycles. The van der Waals surface area contributed by atoms with Crippen LogP contribution in [0.5, 0.6) is 5.75 Å². The van der Waals surface area contributed by atoms with Gasteiger partial charge in [-0.25, -0.2) is 13.2 Å². The number of carbonyl (C=O) groups is 1. The van der Waals surface area contributed by atoms with Crippen LogP contribution in [0.2, 0.25) is 0 Å². The van der Waals surface area contributed by atoms with Gasteiger partial charge in [-0.1, -0.05) is 6.07 Å². The van der Waals surface area contributed by atoms with Gasteiger partial charge in [0.25, 0.3) is 10.0 Å². The van der Waals surface area contributed by atoms with Crippen molar-refractivity contribution in [3.8, 4) is 5.75 Å². The van der Waals surface area contributed by atoms with Crippen LogP contribution in [-0.4, -0.2) is 68.8 Å². The van der Waals surface area contributed by atoms with Gasteiger partial charge in [0, 0.05) is 43.6 Å². The third-order valence-corrected chi connectivity index (χ3v) is 6.46. The Morgan fingerprint density at radius 1 is 1.25 bits per heavy atom. The number of ether oxygens (including phenoxy) is 2. The molecule has 0 unspecified atom stereocenters. The molecule has 0 aliphatic carbocycles. The number of anilines is 1. The average Bonchev–Trinajstić information content (AvgIpc) is 3.10. The number of rotatable bonds is 6. The van der Waals surface area contributed by atoms with Gasteiger partial charge >= 0.3 is 5.97 Å². The van der Waals surface area contributed by atoms with Crippen molar-refractivity contribution in [3.05, 3.63) is 35.5 Å². The zero-order chi connectivity index (χ0) is 20.3. The van der Waals surface area contributed by atoms with Crippen molar-refractivity contribution in [1.29, 1.82) is 0 Å². The van der Waals surface area contributed by atoms with Gasteiger partial charge in [0.1, 0.15) is 11.3 Å². The van der Waals surface area contributed by atoms with E-state index in [2.05, 4.69) is 15.1 Å². The van der Waals surface area contributed by atoms with Crippen LogP contribution in [-0.2, 0) is 14.8 Å². The Hall–Kier alpha value is -2.59. The van der Waals surface area contributed by atoms with E-state index in [0.717, 1.165) is 11.4 Å². The first-order valence-corrected chi connectivity index (χ1v) is 10.4. The molecule has 0 saturated carbocycles. The van der Waals surface area contributed by atoms with Crippen molar-refractivity contribution in [1.82, 2.24) is 14.5 Å². The van der Waals surface area contributed by atoms with Gasteiger partial charge in [-0.05, 0) is 26.0 Å². The number of hydrogen-bond acceptors (Lipinski definition) is 7. The molecule has 10 heteroatoms. The summed E-state index contributed by atoms with van der Waals surface area (Å²) in [5.74, 6) is 0.0565. The zero-order valence-corrected chi connectivity index (χ0v) is 17.0. The molecule has 152 valence electrons. The fourth-order valence-corrected chi connectivity index (χ4v) is 4.70. The molecule has 2 aromatic rings. The minimum absolute atomic E-state index is 0.0305. The van der Waals surface area contributed by atoms with Gasteiger partial charge in [-0.15, -0.1) is 0 Å². The summed E-state index contributed by atoms with van der Waals surface area (Å²) < 4.78 is 37.7. The molecule has 1 aromatic heterocycles. The molecule has 3 rings (SSSR count). The van der Waals surface area contributed by atoms with Crippen LogP contribution in [0.1, 0.15) is 23.0 Å². The number of hydrogen-bond donors (Lipinski definition) is 1. The van der Waals surface area contributed by atoms with Crippen LogP contribution in [0, 0.1) is 6.92 Å². The van der Waals surface area contributed by atoms with Crippen molar-refractivity contribution < 1.29 is 22.7 Å². The normalized spacial score (nSPS) is 15.5. The first kappa shape index (κ1) is 20.2. The molecule has 0 radical (unpaired) electrons. The lowest BCUT2D eigenvalue weighted by Gasteiger charge is -2.35. The van der Waals surface area contributed by atoms with E-state index >= 15 is 0 Å². The molecule has 0 spiro atoms. The van der Waals surface area contributed by atoms with Crippen molar-refractivity contribution >= 4 is 21.7 Å². The maximum atomic E-state index is 13.1. The van der Waals surface area contributed by atoms with E-state index in [4.69, 9.17) is 9.47 Å². The maximum absolute atomic E-state index is 13.1. The Morgan fingerprint density at radius 3 is 2.61 bits per heavy atom. The fourth-order valence-electron chi connectivity index (χ4n) is 3.15. The second-order valence-corrected chi connectivity index (χ2v) is 8.20. The summed E-state index contributed by atoms with van der Waals surface area (Å²) in [6, 6.07) is 7.64. The Labute approximate surface area is 164 Å². The number of aromatic nitrogens is 2. The first-order chi connectivity index (χ1) is 13.4. The third kappa shape index (κ3) is 3.83. The lowest BCUT2D eigenvalue weighted by Crippen LogP contribution is -2.49. The highest BCUT2D eigenvalue weighted by atomic mass is 32.2. The molecule has 28 heavy (non-hydrogen) atoms. The van der Waals surface area contributed by atoms with Crippen LogP contribution in [0.4, 0.5) is 5.69 Å². The van der Waals surface area contributed by atoms with Crippen molar-refractivity contribution in [2.75, 3.05) is 44.8 Å². The van der Waals surface area contributed by atoms with Gasteiger partial charge < -0.3 is 14.4 Å². The molecule has 1 aliphatic rings. The molecule has 1 fully saturated rings. The lowest BCUT2D eigenvalue weighted by atomic mass is 10.2. The number of benzene rings is 1. The molecule has 1 N–H and O–H groups in total. The van der Waals surface area contributed by atoms with E-state index in [1.165, 1.54) is 4.31 Å². The summed E-state index contributed by atoms with van der Waals surface area (Å²) in [6.45, 7) is 5.02. The largest absolute Gasteiger partial charge is 0.497 e. The van der Waals surface area contributed by atoms with Gasteiger partial charge in [-0.3, -0.25) is 5.10 Å². The number of sulfonamides is 1. The lowest BCUT2D eigenvalue weighted by molar-refractivity contribution is 0.0520. The van der Waals surface area contributed by atoms with Crippen molar-refractivity contribution in [3.63, 3.8) is 0 Å². The second-order valence-electron chi connectivity index (χ2n) is 6.34. The highest BCUT2D eigenvalue weighted by Gasteiger charge is 2.35. The Balaban J connectivity index is 1.78. The Bertz CT molecular complexity index is 949. The average molecular weight is 408 g/mol. The molecule has 1 saturated heterocycles. The van der Waals surface area contributed by atoms with E-state index in [0.29, 0.717) is 18.8 Å². The number of piperazine rings is 1. The summed E-state index contributed by atoms with van der Waals surface area (Å²) >= 11 is 0. The number of nitrogens with one attached hydrogen (secondary N) is 1. The molecule has 0 amide bonds. The number of H-pyrrole nitrogens is 1. The van der Waals surface area contributed by atoms with Gasteiger partial charge in [0.2, 0.25) is 5.03 Å². The predicted molar refractivity (Wildman–Crippen MR) is 103 cm³/mol. The first-order valence-electron chi connectivity index (χ1n) is 8.99. The molecule has 9 nitrogen and oxygen atoms in total. The second kappa shape index (κ2) is 8.19. The topological polar surface area (TPSA) is 105 Å². The monoisotopic (exact) mass is 408 g/mol. The number of aryl methyl sites for hydroxylation is 1.